The Morgan fingerprint density at radius 1 is 0.697 bits per heavy atom. The average Bonchev–Trinajstić information content (AvgIpc) is 2.76. The Bertz CT molecular complexity index is 1210. The molecule has 33 heavy (non-hydrogen) atoms. The van der Waals surface area contributed by atoms with Crippen LogP contribution >= 0.6 is 0 Å². The number of hydrogen-bond acceptors (Lipinski definition) is 3. The van der Waals surface area contributed by atoms with E-state index in [1.807, 2.05) is 0 Å². The number of amides is 3. The Hall–Kier alpha value is -4.14. The first-order valence-electron chi connectivity index (χ1n) is 9.82. The first kappa shape index (κ1) is 23.5. The lowest BCUT2D eigenvalue weighted by molar-refractivity contribution is -0.137. The van der Waals surface area contributed by atoms with Gasteiger partial charge in [0.05, 0.1) is 16.9 Å². The van der Waals surface area contributed by atoms with Gasteiger partial charge < -0.3 is 16.0 Å². The monoisotopic (exact) mass is 455 g/mol. The van der Waals surface area contributed by atoms with E-state index >= 15 is 0 Å². The third-order valence-electron chi connectivity index (χ3n) is 4.69. The molecule has 0 aliphatic heterocycles. The fourth-order valence-electron chi connectivity index (χ4n) is 3.00. The van der Waals surface area contributed by atoms with Crippen LogP contribution in [0.25, 0.3) is 0 Å². The first-order valence-corrected chi connectivity index (χ1v) is 9.82. The molecule has 0 unspecified atom stereocenters. The minimum Gasteiger partial charge on any atom is -0.325 e. The molecular formula is C24H20F3N3O3. The third-order valence-corrected chi connectivity index (χ3v) is 4.69. The van der Waals surface area contributed by atoms with Crippen molar-refractivity contribution in [3.05, 3.63) is 89.0 Å². The van der Waals surface area contributed by atoms with Gasteiger partial charge in [-0.3, -0.25) is 14.4 Å². The van der Waals surface area contributed by atoms with Gasteiger partial charge >= 0.3 is 6.18 Å². The molecule has 0 fully saturated rings. The van der Waals surface area contributed by atoms with Gasteiger partial charge in [0.25, 0.3) is 11.8 Å². The van der Waals surface area contributed by atoms with Gasteiger partial charge in [0.2, 0.25) is 5.91 Å². The molecule has 3 amide bonds. The third kappa shape index (κ3) is 5.97. The predicted octanol–water partition coefficient (Wildman–Crippen LogP) is 5.48. The van der Waals surface area contributed by atoms with Crippen molar-refractivity contribution >= 4 is 34.8 Å². The van der Waals surface area contributed by atoms with Crippen LogP contribution in [-0.2, 0) is 11.0 Å². The molecule has 0 aromatic heterocycles. The van der Waals surface area contributed by atoms with Crippen LogP contribution in [-0.4, -0.2) is 17.7 Å². The van der Waals surface area contributed by atoms with E-state index in [1.165, 1.54) is 19.1 Å². The van der Waals surface area contributed by atoms with E-state index in [0.29, 0.717) is 16.8 Å². The number of rotatable bonds is 5. The molecule has 9 heteroatoms. The van der Waals surface area contributed by atoms with Crippen LogP contribution in [0.3, 0.4) is 0 Å². The average molecular weight is 455 g/mol. The van der Waals surface area contributed by atoms with E-state index in [9.17, 15) is 27.6 Å². The summed E-state index contributed by atoms with van der Waals surface area (Å²) in [5, 5.41) is 7.53. The lowest BCUT2D eigenvalue weighted by atomic mass is 10.1. The topological polar surface area (TPSA) is 87.3 Å². The summed E-state index contributed by atoms with van der Waals surface area (Å²) < 4.78 is 39.4. The first-order chi connectivity index (χ1) is 15.5. The van der Waals surface area contributed by atoms with Gasteiger partial charge in [-0.15, -0.1) is 0 Å². The maximum Gasteiger partial charge on any atom is 0.416 e. The molecule has 0 bridgehead atoms. The van der Waals surface area contributed by atoms with Gasteiger partial charge in [0, 0.05) is 23.7 Å². The molecule has 3 aromatic rings. The Balaban J connectivity index is 1.88. The Morgan fingerprint density at radius 2 is 1.33 bits per heavy atom. The molecule has 3 aromatic carbocycles. The molecule has 0 saturated heterocycles. The van der Waals surface area contributed by atoms with Crippen molar-refractivity contribution in [1.29, 1.82) is 0 Å². The van der Waals surface area contributed by atoms with E-state index in [4.69, 9.17) is 0 Å². The number of aryl methyl sites for hydroxylation is 1. The number of alkyl halides is 3. The number of benzene rings is 3. The van der Waals surface area contributed by atoms with Gasteiger partial charge in [-0.2, -0.15) is 13.2 Å². The fourth-order valence-corrected chi connectivity index (χ4v) is 3.00. The number of nitrogens with one attached hydrogen (secondary N) is 3. The molecule has 3 N–H and O–H groups in total. The molecule has 0 aliphatic carbocycles. The second-order valence-corrected chi connectivity index (χ2v) is 7.24. The van der Waals surface area contributed by atoms with Gasteiger partial charge in [-0.25, -0.2) is 0 Å². The van der Waals surface area contributed by atoms with Gasteiger partial charge in [0.1, 0.15) is 0 Å². The summed E-state index contributed by atoms with van der Waals surface area (Å²) in [5.41, 5.74) is 0.433. The van der Waals surface area contributed by atoms with E-state index in [2.05, 4.69) is 16.0 Å². The molecular weight excluding hydrogens is 435 g/mol. The van der Waals surface area contributed by atoms with Crippen LogP contribution < -0.4 is 16.0 Å². The van der Waals surface area contributed by atoms with Crippen molar-refractivity contribution in [2.24, 2.45) is 0 Å². The largest absolute Gasteiger partial charge is 0.416 e. The van der Waals surface area contributed by atoms with Crippen molar-refractivity contribution in [2.45, 2.75) is 20.0 Å². The number of anilines is 3. The maximum atomic E-state index is 13.1. The van der Waals surface area contributed by atoms with Crippen LogP contribution in [0.15, 0.2) is 66.7 Å². The SMILES string of the molecule is CC(=O)Nc1ccc(C(F)(F)F)cc1NC(=O)c1ccc(C)c(NC(=O)c2ccccc2)c1. The normalized spacial score (nSPS) is 10.9. The lowest BCUT2D eigenvalue weighted by Crippen LogP contribution is -2.17. The predicted molar refractivity (Wildman–Crippen MR) is 119 cm³/mol. The molecule has 6 nitrogen and oxygen atoms in total. The van der Waals surface area contributed by atoms with E-state index < -0.39 is 23.6 Å². The molecule has 170 valence electrons. The van der Waals surface area contributed by atoms with Crippen LogP contribution in [0.5, 0.6) is 0 Å². The number of halogens is 3. The van der Waals surface area contributed by atoms with Crippen LogP contribution in [0.4, 0.5) is 30.2 Å². The van der Waals surface area contributed by atoms with Crippen LogP contribution in [0.2, 0.25) is 0 Å². The van der Waals surface area contributed by atoms with Crippen molar-refractivity contribution in [3.63, 3.8) is 0 Å². The minimum absolute atomic E-state index is 0.0218. The highest BCUT2D eigenvalue weighted by Gasteiger charge is 2.31. The second-order valence-electron chi connectivity index (χ2n) is 7.24. The number of hydrogen-bond donors (Lipinski definition) is 3. The van der Waals surface area contributed by atoms with Crippen molar-refractivity contribution in [2.75, 3.05) is 16.0 Å². The minimum atomic E-state index is -4.63. The highest BCUT2D eigenvalue weighted by Crippen LogP contribution is 2.34. The summed E-state index contributed by atoms with van der Waals surface area (Å²) in [6.45, 7) is 2.94. The van der Waals surface area contributed by atoms with Gasteiger partial charge in [-0.05, 0) is 55.0 Å². The summed E-state index contributed by atoms with van der Waals surface area (Å²) in [4.78, 5) is 36.7. The summed E-state index contributed by atoms with van der Waals surface area (Å²) in [6, 6.07) is 15.6. The second kappa shape index (κ2) is 9.56. The summed E-state index contributed by atoms with van der Waals surface area (Å²) in [6.07, 6.45) is -4.63. The summed E-state index contributed by atoms with van der Waals surface area (Å²) in [7, 11) is 0. The molecule has 0 saturated carbocycles. The molecule has 0 atom stereocenters. The van der Waals surface area contributed by atoms with E-state index in [-0.39, 0.29) is 22.8 Å². The van der Waals surface area contributed by atoms with Crippen LogP contribution in [0.1, 0.15) is 38.8 Å². The summed E-state index contributed by atoms with van der Waals surface area (Å²) in [5.74, 6) is -1.59. The zero-order valence-corrected chi connectivity index (χ0v) is 17.7. The Kier molecular flexibility index (Phi) is 6.81. The highest BCUT2D eigenvalue weighted by atomic mass is 19.4. The Labute approximate surface area is 187 Å². The fraction of sp³-hybridized carbons (Fsp3) is 0.125. The molecule has 0 aliphatic rings. The molecule has 3 rings (SSSR count). The molecule has 0 heterocycles. The lowest BCUT2D eigenvalue weighted by Gasteiger charge is -2.15. The van der Waals surface area contributed by atoms with Gasteiger partial charge in [0.15, 0.2) is 0 Å². The van der Waals surface area contributed by atoms with Crippen molar-refractivity contribution in [3.8, 4) is 0 Å². The quantitative estimate of drug-likeness (QED) is 0.476. The molecule has 0 radical (unpaired) electrons. The van der Waals surface area contributed by atoms with Crippen molar-refractivity contribution in [1.82, 2.24) is 0 Å². The standard InChI is InChI=1S/C24H20F3N3O3/c1-14-8-9-17(12-20(14)29-22(32)16-6-4-3-5-7-16)23(33)30-21-13-18(24(25,26)27)10-11-19(21)28-15(2)31/h3-13H,1-2H3,(H,28,31)(H,29,32)(H,30,33). The molecule has 0 spiro atoms. The zero-order valence-electron chi connectivity index (χ0n) is 17.7. The van der Waals surface area contributed by atoms with E-state index in [1.54, 1.807) is 43.3 Å². The van der Waals surface area contributed by atoms with Crippen molar-refractivity contribution < 1.29 is 27.6 Å². The Morgan fingerprint density at radius 3 is 1.97 bits per heavy atom. The smallest absolute Gasteiger partial charge is 0.325 e. The van der Waals surface area contributed by atoms with Gasteiger partial charge in [-0.1, -0.05) is 24.3 Å². The zero-order chi connectivity index (χ0) is 24.2. The maximum absolute atomic E-state index is 13.1. The number of carbonyl (C=O) groups excluding carboxylic acids is 3. The summed E-state index contributed by atoms with van der Waals surface area (Å²) >= 11 is 0. The van der Waals surface area contributed by atoms with Crippen LogP contribution in [0, 0.1) is 6.92 Å². The highest BCUT2D eigenvalue weighted by molar-refractivity contribution is 6.09. The number of carbonyl (C=O) groups is 3. The van der Waals surface area contributed by atoms with E-state index in [0.717, 1.165) is 18.2 Å².